The van der Waals surface area contributed by atoms with Crippen molar-refractivity contribution in [3.8, 4) is 0 Å². The lowest BCUT2D eigenvalue weighted by atomic mass is 9.81. The summed E-state index contributed by atoms with van der Waals surface area (Å²) in [7, 11) is 0. The number of nitrogens with one attached hydrogen (secondary N) is 1. The molecule has 0 bridgehead atoms. The van der Waals surface area contributed by atoms with E-state index in [9.17, 15) is 14.4 Å². The zero-order valence-corrected chi connectivity index (χ0v) is 17.8. The van der Waals surface area contributed by atoms with E-state index in [0.717, 1.165) is 32.1 Å². The van der Waals surface area contributed by atoms with Gasteiger partial charge in [0.1, 0.15) is 0 Å². The first-order chi connectivity index (χ1) is 15.1. The molecular weight excluding hydrogens is 388 g/mol. The zero-order chi connectivity index (χ0) is 21.6. The van der Waals surface area contributed by atoms with Crippen molar-refractivity contribution >= 4 is 17.7 Å². The summed E-state index contributed by atoms with van der Waals surface area (Å²) in [5.41, 5.74) is 2.44. The topological polar surface area (TPSA) is 66.5 Å². The smallest absolute Gasteiger partial charge is 0.233 e. The summed E-state index contributed by atoms with van der Waals surface area (Å²) in [6.07, 6.45) is 4.58. The molecule has 3 amide bonds. The fourth-order valence-electron chi connectivity index (χ4n) is 5.01. The molecule has 1 saturated carbocycles. The van der Waals surface area contributed by atoms with E-state index in [1.54, 1.807) is 0 Å². The minimum Gasteiger partial charge on any atom is -0.356 e. The van der Waals surface area contributed by atoms with Crippen LogP contribution in [-0.2, 0) is 14.4 Å². The van der Waals surface area contributed by atoms with Crippen LogP contribution in [0, 0.1) is 11.8 Å². The first-order valence-corrected chi connectivity index (χ1v) is 11.4. The number of hydrogen-bond acceptors (Lipinski definition) is 3. The molecule has 2 aliphatic rings. The summed E-state index contributed by atoms with van der Waals surface area (Å²) in [5, 5.41) is 2.98. The lowest BCUT2D eigenvalue weighted by Gasteiger charge is -2.19. The Balaban J connectivity index is 1.29. The van der Waals surface area contributed by atoms with Gasteiger partial charge in [0, 0.05) is 25.4 Å². The first-order valence-electron chi connectivity index (χ1n) is 11.4. The van der Waals surface area contributed by atoms with Gasteiger partial charge < -0.3 is 5.32 Å². The van der Waals surface area contributed by atoms with Crippen LogP contribution >= 0.6 is 0 Å². The number of carbonyl (C=O) groups is 3. The maximum absolute atomic E-state index is 12.6. The number of likely N-dealkylation sites (tertiary alicyclic amines) is 1. The predicted octanol–water partition coefficient (Wildman–Crippen LogP) is 3.89. The third kappa shape index (κ3) is 4.87. The van der Waals surface area contributed by atoms with E-state index in [0.29, 0.717) is 6.54 Å². The normalized spacial score (nSPS) is 20.7. The summed E-state index contributed by atoms with van der Waals surface area (Å²) < 4.78 is 0. The van der Waals surface area contributed by atoms with Gasteiger partial charge >= 0.3 is 0 Å². The first kappa shape index (κ1) is 21.3. The van der Waals surface area contributed by atoms with Crippen LogP contribution < -0.4 is 5.32 Å². The van der Waals surface area contributed by atoms with Crippen molar-refractivity contribution in [1.29, 1.82) is 0 Å². The number of carbonyl (C=O) groups excluding carboxylic acids is 3. The Hall–Kier alpha value is -2.95. The van der Waals surface area contributed by atoms with Crippen LogP contribution in [0.25, 0.3) is 0 Å². The quantitative estimate of drug-likeness (QED) is 0.662. The van der Waals surface area contributed by atoms with Crippen molar-refractivity contribution in [1.82, 2.24) is 10.2 Å². The number of hydrogen-bond donors (Lipinski definition) is 1. The van der Waals surface area contributed by atoms with Gasteiger partial charge in [0.2, 0.25) is 17.7 Å². The number of benzene rings is 2. The third-order valence-corrected chi connectivity index (χ3v) is 6.65. The summed E-state index contributed by atoms with van der Waals surface area (Å²) in [6, 6.07) is 20.6. The minimum atomic E-state index is -0.151. The average molecular weight is 419 g/mol. The van der Waals surface area contributed by atoms with Gasteiger partial charge in [-0.2, -0.15) is 0 Å². The lowest BCUT2D eigenvalue weighted by Crippen LogP contribution is -2.35. The Morgan fingerprint density at radius 3 is 1.90 bits per heavy atom. The van der Waals surface area contributed by atoms with Crippen LogP contribution in [0.1, 0.15) is 55.6 Å². The molecule has 1 aliphatic carbocycles. The van der Waals surface area contributed by atoms with Gasteiger partial charge in [0.25, 0.3) is 0 Å². The molecule has 1 N–H and O–H groups in total. The van der Waals surface area contributed by atoms with Gasteiger partial charge in [-0.3, -0.25) is 19.3 Å². The second-order valence-corrected chi connectivity index (χ2v) is 8.59. The maximum Gasteiger partial charge on any atom is 0.233 e. The molecule has 0 aromatic heterocycles. The van der Waals surface area contributed by atoms with Crippen LogP contribution in [0.2, 0.25) is 0 Å². The van der Waals surface area contributed by atoms with Crippen LogP contribution in [0.5, 0.6) is 0 Å². The van der Waals surface area contributed by atoms with Gasteiger partial charge in [-0.25, -0.2) is 0 Å². The summed E-state index contributed by atoms with van der Waals surface area (Å²) in [6.45, 7) is 0.734. The standard InChI is InChI=1S/C26H30N2O3/c29-24(16-18-28-25(30)22-13-7-8-14-23(22)26(28)31)27-17-15-21(19-9-3-1-4-10-19)20-11-5-2-6-12-20/h1-6,9-12,21-23H,7-8,13-18H2,(H,27,29)/t22-,23+. The van der Waals surface area contributed by atoms with Gasteiger partial charge in [0.15, 0.2) is 0 Å². The third-order valence-electron chi connectivity index (χ3n) is 6.65. The van der Waals surface area contributed by atoms with Crippen molar-refractivity contribution in [3.05, 3.63) is 71.8 Å². The largest absolute Gasteiger partial charge is 0.356 e. The van der Waals surface area contributed by atoms with E-state index in [1.165, 1.54) is 16.0 Å². The SMILES string of the molecule is O=C(CCN1C(=O)[C@H]2CCCC[C@H]2C1=O)NCCC(c1ccccc1)c1ccccc1. The number of amides is 3. The molecular formula is C26H30N2O3. The molecule has 5 nitrogen and oxygen atoms in total. The molecule has 2 fully saturated rings. The highest BCUT2D eigenvalue weighted by atomic mass is 16.2. The van der Waals surface area contributed by atoms with Crippen LogP contribution in [-0.4, -0.2) is 35.7 Å². The molecule has 1 aliphatic heterocycles. The summed E-state index contributed by atoms with van der Waals surface area (Å²) in [5.74, 6) is -0.363. The van der Waals surface area contributed by atoms with Crippen LogP contribution in [0.4, 0.5) is 0 Å². The van der Waals surface area contributed by atoms with Crippen molar-refractivity contribution in [2.45, 2.75) is 44.4 Å². The van der Waals surface area contributed by atoms with Crippen molar-refractivity contribution in [3.63, 3.8) is 0 Å². The van der Waals surface area contributed by atoms with E-state index >= 15 is 0 Å². The molecule has 2 aromatic rings. The average Bonchev–Trinajstić information content (AvgIpc) is 3.06. The molecule has 162 valence electrons. The molecule has 5 heteroatoms. The second kappa shape index (κ2) is 9.90. The fourth-order valence-corrected chi connectivity index (χ4v) is 5.01. The molecule has 1 heterocycles. The summed E-state index contributed by atoms with van der Waals surface area (Å²) >= 11 is 0. The fraction of sp³-hybridized carbons (Fsp3) is 0.423. The lowest BCUT2D eigenvalue weighted by molar-refractivity contribution is -0.140. The molecule has 2 atom stereocenters. The Morgan fingerprint density at radius 1 is 0.871 bits per heavy atom. The molecule has 2 aromatic carbocycles. The molecule has 31 heavy (non-hydrogen) atoms. The zero-order valence-electron chi connectivity index (χ0n) is 17.8. The molecule has 0 unspecified atom stereocenters. The summed E-state index contributed by atoms with van der Waals surface area (Å²) in [4.78, 5) is 38.9. The van der Waals surface area contributed by atoms with Crippen molar-refractivity contribution in [2.24, 2.45) is 11.8 Å². The Morgan fingerprint density at radius 2 is 1.39 bits per heavy atom. The van der Waals surface area contributed by atoms with E-state index < -0.39 is 0 Å². The van der Waals surface area contributed by atoms with Gasteiger partial charge in [-0.15, -0.1) is 0 Å². The van der Waals surface area contributed by atoms with E-state index in [4.69, 9.17) is 0 Å². The second-order valence-electron chi connectivity index (χ2n) is 8.59. The van der Waals surface area contributed by atoms with Crippen molar-refractivity contribution < 1.29 is 14.4 Å². The van der Waals surface area contributed by atoms with E-state index in [2.05, 4.69) is 29.6 Å². The Kier molecular flexibility index (Phi) is 6.80. The molecule has 0 spiro atoms. The minimum absolute atomic E-state index is 0.0734. The van der Waals surface area contributed by atoms with Gasteiger partial charge in [0.05, 0.1) is 11.8 Å². The molecule has 4 rings (SSSR count). The predicted molar refractivity (Wildman–Crippen MR) is 119 cm³/mol. The highest BCUT2D eigenvalue weighted by Gasteiger charge is 2.47. The Bertz CT molecular complexity index is 849. The van der Waals surface area contributed by atoms with Crippen molar-refractivity contribution in [2.75, 3.05) is 13.1 Å². The van der Waals surface area contributed by atoms with Gasteiger partial charge in [-0.1, -0.05) is 73.5 Å². The van der Waals surface area contributed by atoms with Crippen LogP contribution in [0.3, 0.4) is 0 Å². The highest BCUT2D eigenvalue weighted by Crippen LogP contribution is 2.38. The Labute approximate surface area is 183 Å². The number of fused-ring (bicyclic) bond motifs is 1. The van der Waals surface area contributed by atoms with E-state index in [1.807, 2.05) is 36.4 Å². The monoisotopic (exact) mass is 418 g/mol. The number of nitrogens with zero attached hydrogens (tertiary/aromatic N) is 1. The molecule has 0 radical (unpaired) electrons. The number of imide groups is 1. The van der Waals surface area contributed by atoms with Gasteiger partial charge in [-0.05, 0) is 30.4 Å². The van der Waals surface area contributed by atoms with Crippen LogP contribution in [0.15, 0.2) is 60.7 Å². The number of rotatable bonds is 8. The molecule has 1 saturated heterocycles. The highest BCUT2D eigenvalue weighted by molar-refractivity contribution is 6.05. The maximum atomic E-state index is 12.6. The van der Waals surface area contributed by atoms with E-state index in [-0.39, 0.29) is 48.4 Å².